The van der Waals surface area contributed by atoms with E-state index in [0.717, 1.165) is 19.3 Å². The van der Waals surface area contributed by atoms with Crippen molar-refractivity contribution in [3.63, 3.8) is 0 Å². The molecule has 0 aromatic rings. The summed E-state index contributed by atoms with van der Waals surface area (Å²) in [6, 6.07) is 0. The summed E-state index contributed by atoms with van der Waals surface area (Å²) in [6.07, 6.45) is 2.72. The smallest absolute Gasteiger partial charge is 0.220 e. The van der Waals surface area contributed by atoms with Gasteiger partial charge >= 0.3 is 0 Å². The number of Topliss-reactive ketones (excluding diaryl/α,β-unsaturated/α-hetero) is 1. The third-order valence-electron chi connectivity index (χ3n) is 3.28. The Kier molecular flexibility index (Phi) is 2.98. The van der Waals surface area contributed by atoms with Gasteiger partial charge < -0.3 is 4.90 Å². The summed E-state index contributed by atoms with van der Waals surface area (Å²) >= 11 is 0. The number of rotatable bonds is 3. The zero-order valence-electron chi connectivity index (χ0n) is 9.46. The molecule has 0 aliphatic heterocycles. The molecule has 0 saturated heterocycles. The van der Waals surface area contributed by atoms with Crippen molar-refractivity contribution in [1.29, 1.82) is 0 Å². The topological polar surface area (TPSA) is 37.4 Å². The maximum atomic E-state index is 12.0. The van der Waals surface area contributed by atoms with E-state index in [9.17, 15) is 9.59 Å². The molecular weight excluding hydrogens is 178 g/mol. The first kappa shape index (κ1) is 11.2. The Balaban J connectivity index is 2.86. The largest absolute Gasteiger partial charge is 0.333 e. The molecule has 0 spiro atoms. The molecule has 0 aromatic carbocycles. The Hall–Kier alpha value is -0.860. The number of nitrogens with zero attached hydrogens (tertiary/aromatic N) is 1. The summed E-state index contributed by atoms with van der Waals surface area (Å²) in [5.74, 6) is 0.206. The van der Waals surface area contributed by atoms with E-state index in [1.54, 1.807) is 11.9 Å². The molecule has 0 aromatic heterocycles. The van der Waals surface area contributed by atoms with Crippen molar-refractivity contribution < 1.29 is 9.59 Å². The van der Waals surface area contributed by atoms with Gasteiger partial charge in [-0.2, -0.15) is 0 Å². The number of ketones is 1. The highest BCUT2D eigenvalue weighted by Crippen LogP contribution is 2.39. The molecule has 1 fully saturated rings. The van der Waals surface area contributed by atoms with Crippen molar-refractivity contribution in [3.8, 4) is 0 Å². The van der Waals surface area contributed by atoms with E-state index < -0.39 is 5.54 Å². The zero-order chi connectivity index (χ0) is 10.9. The van der Waals surface area contributed by atoms with Gasteiger partial charge in [-0.3, -0.25) is 9.59 Å². The van der Waals surface area contributed by atoms with E-state index in [1.807, 2.05) is 13.8 Å². The minimum Gasteiger partial charge on any atom is -0.333 e. The fourth-order valence-electron chi connectivity index (χ4n) is 2.10. The van der Waals surface area contributed by atoms with Crippen LogP contribution in [-0.4, -0.2) is 29.2 Å². The van der Waals surface area contributed by atoms with Gasteiger partial charge in [0, 0.05) is 19.9 Å². The molecule has 3 heteroatoms. The fourth-order valence-corrected chi connectivity index (χ4v) is 2.10. The quantitative estimate of drug-likeness (QED) is 0.689. The zero-order valence-corrected chi connectivity index (χ0v) is 9.46. The van der Waals surface area contributed by atoms with Gasteiger partial charge in [0.25, 0.3) is 0 Å². The van der Waals surface area contributed by atoms with Gasteiger partial charge in [0.1, 0.15) is 5.54 Å². The van der Waals surface area contributed by atoms with Crippen molar-refractivity contribution in [2.45, 2.75) is 45.6 Å². The average molecular weight is 197 g/mol. The van der Waals surface area contributed by atoms with Crippen molar-refractivity contribution >= 4 is 11.7 Å². The molecule has 1 saturated carbocycles. The fraction of sp³-hybridized carbons (Fsp3) is 0.818. The molecule has 0 heterocycles. The summed E-state index contributed by atoms with van der Waals surface area (Å²) in [5, 5.41) is 0. The van der Waals surface area contributed by atoms with Gasteiger partial charge in [0.2, 0.25) is 5.91 Å². The van der Waals surface area contributed by atoms with Crippen LogP contribution in [0.2, 0.25) is 0 Å². The second kappa shape index (κ2) is 3.71. The maximum absolute atomic E-state index is 12.0. The highest BCUT2D eigenvalue weighted by Gasteiger charge is 2.48. The highest BCUT2D eigenvalue weighted by molar-refractivity contribution is 5.94. The van der Waals surface area contributed by atoms with Crippen molar-refractivity contribution in [2.75, 3.05) is 7.05 Å². The minimum absolute atomic E-state index is 0.0112. The predicted octanol–water partition coefficient (Wildman–Crippen LogP) is 1.61. The first-order chi connectivity index (χ1) is 6.42. The molecule has 0 bridgehead atoms. The van der Waals surface area contributed by atoms with E-state index in [-0.39, 0.29) is 17.6 Å². The number of hydrogen-bond donors (Lipinski definition) is 0. The Morgan fingerprint density at radius 2 is 1.79 bits per heavy atom. The number of likely N-dealkylation sites (N-methyl/N-ethyl adjacent to an activating group) is 1. The van der Waals surface area contributed by atoms with Crippen LogP contribution in [0.4, 0.5) is 0 Å². The lowest BCUT2D eigenvalue weighted by molar-refractivity contribution is -0.150. The third-order valence-corrected chi connectivity index (χ3v) is 3.28. The van der Waals surface area contributed by atoms with Crippen LogP contribution >= 0.6 is 0 Å². The molecule has 3 nitrogen and oxygen atoms in total. The number of amides is 1. The van der Waals surface area contributed by atoms with Crippen molar-refractivity contribution in [1.82, 2.24) is 4.90 Å². The summed E-state index contributed by atoms with van der Waals surface area (Å²) in [7, 11) is 1.74. The molecule has 0 N–H and O–H groups in total. The normalized spacial score (nSPS) is 18.9. The Bertz CT molecular complexity index is 254. The van der Waals surface area contributed by atoms with Crippen LogP contribution in [0.3, 0.4) is 0 Å². The SMILES string of the molecule is CC(=O)N(C)C1(C(=O)C(C)C)CCC1. The molecule has 1 amide bonds. The number of carbonyl (C=O) groups excluding carboxylic acids is 2. The van der Waals surface area contributed by atoms with Crippen LogP contribution in [0.5, 0.6) is 0 Å². The first-order valence-corrected chi connectivity index (χ1v) is 5.20. The average Bonchev–Trinajstić information content (AvgIpc) is 2.01. The van der Waals surface area contributed by atoms with Gasteiger partial charge in [0.15, 0.2) is 5.78 Å². The second-order valence-corrected chi connectivity index (χ2v) is 4.48. The van der Waals surface area contributed by atoms with E-state index in [4.69, 9.17) is 0 Å². The van der Waals surface area contributed by atoms with Crippen LogP contribution in [0.15, 0.2) is 0 Å². The predicted molar refractivity (Wildman–Crippen MR) is 54.9 cm³/mol. The van der Waals surface area contributed by atoms with Gasteiger partial charge in [-0.05, 0) is 19.3 Å². The van der Waals surface area contributed by atoms with Crippen LogP contribution in [-0.2, 0) is 9.59 Å². The van der Waals surface area contributed by atoms with Gasteiger partial charge in [-0.15, -0.1) is 0 Å². The van der Waals surface area contributed by atoms with Crippen LogP contribution in [0.1, 0.15) is 40.0 Å². The van der Waals surface area contributed by atoms with Crippen molar-refractivity contribution in [3.05, 3.63) is 0 Å². The van der Waals surface area contributed by atoms with Gasteiger partial charge in [-0.1, -0.05) is 13.8 Å². The van der Waals surface area contributed by atoms with E-state index in [0.29, 0.717) is 0 Å². The lowest BCUT2D eigenvalue weighted by atomic mass is 9.69. The van der Waals surface area contributed by atoms with Gasteiger partial charge in [-0.25, -0.2) is 0 Å². The summed E-state index contributed by atoms with van der Waals surface area (Å²) < 4.78 is 0. The third kappa shape index (κ3) is 1.56. The Labute approximate surface area is 85.5 Å². The summed E-state index contributed by atoms with van der Waals surface area (Å²) in [6.45, 7) is 5.32. The Morgan fingerprint density at radius 3 is 2.00 bits per heavy atom. The molecule has 0 radical (unpaired) electrons. The molecule has 1 aliphatic rings. The van der Waals surface area contributed by atoms with E-state index >= 15 is 0 Å². The molecule has 1 rings (SSSR count). The highest BCUT2D eigenvalue weighted by atomic mass is 16.2. The molecule has 14 heavy (non-hydrogen) atoms. The first-order valence-electron chi connectivity index (χ1n) is 5.20. The number of hydrogen-bond acceptors (Lipinski definition) is 2. The monoisotopic (exact) mass is 197 g/mol. The summed E-state index contributed by atoms with van der Waals surface area (Å²) in [5.41, 5.74) is -0.472. The lowest BCUT2D eigenvalue weighted by Gasteiger charge is -2.47. The second-order valence-electron chi connectivity index (χ2n) is 4.48. The molecule has 80 valence electrons. The van der Waals surface area contributed by atoms with Crippen LogP contribution in [0.25, 0.3) is 0 Å². The Morgan fingerprint density at radius 1 is 1.29 bits per heavy atom. The standard InChI is InChI=1S/C11H19NO2/c1-8(2)10(14)11(6-5-7-11)12(4)9(3)13/h8H,5-7H2,1-4H3. The molecule has 0 unspecified atom stereocenters. The van der Waals surface area contributed by atoms with E-state index in [1.165, 1.54) is 6.92 Å². The minimum atomic E-state index is -0.472. The van der Waals surface area contributed by atoms with E-state index in [2.05, 4.69) is 0 Å². The molecule has 0 atom stereocenters. The molecular formula is C11H19NO2. The summed E-state index contributed by atoms with van der Waals surface area (Å²) in [4.78, 5) is 24.9. The van der Waals surface area contributed by atoms with Crippen LogP contribution in [0, 0.1) is 5.92 Å². The van der Waals surface area contributed by atoms with Gasteiger partial charge in [0.05, 0.1) is 0 Å². The van der Waals surface area contributed by atoms with Crippen molar-refractivity contribution in [2.24, 2.45) is 5.92 Å². The lowest BCUT2D eigenvalue weighted by Crippen LogP contribution is -2.60. The van der Waals surface area contributed by atoms with Crippen LogP contribution < -0.4 is 0 Å². The molecule has 1 aliphatic carbocycles. The number of carbonyl (C=O) groups is 2. The maximum Gasteiger partial charge on any atom is 0.220 e.